The van der Waals surface area contributed by atoms with Gasteiger partial charge in [0.25, 0.3) is 0 Å². The van der Waals surface area contributed by atoms with E-state index in [1.54, 1.807) is 18.2 Å². The van der Waals surface area contributed by atoms with Crippen LogP contribution in [0.25, 0.3) is 0 Å². The van der Waals surface area contributed by atoms with E-state index in [9.17, 15) is 19.2 Å². The minimum atomic E-state index is -0.681. The summed E-state index contributed by atoms with van der Waals surface area (Å²) in [7, 11) is 0. The Balaban J connectivity index is 1.43. The van der Waals surface area contributed by atoms with Crippen LogP contribution in [0.4, 0.5) is 5.69 Å². The molecule has 0 bridgehead atoms. The summed E-state index contributed by atoms with van der Waals surface area (Å²) >= 11 is 0. The lowest BCUT2D eigenvalue weighted by molar-refractivity contribution is -0.142. The van der Waals surface area contributed by atoms with Crippen LogP contribution in [0, 0.1) is 0 Å². The van der Waals surface area contributed by atoms with Crippen molar-refractivity contribution in [3.63, 3.8) is 0 Å². The Morgan fingerprint density at radius 1 is 1.04 bits per heavy atom. The Morgan fingerprint density at radius 3 is 2.61 bits per heavy atom. The van der Waals surface area contributed by atoms with Crippen molar-refractivity contribution >= 4 is 29.3 Å². The summed E-state index contributed by atoms with van der Waals surface area (Å²) < 4.78 is 4.95. The lowest BCUT2D eigenvalue weighted by Crippen LogP contribution is -2.32. The van der Waals surface area contributed by atoms with Gasteiger partial charge in [0.2, 0.25) is 11.8 Å². The third-order valence-corrected chi connectivity index (χ3v) is 4.32. The molecular weight excluding hydrogens is 360 g/mol. The highest BCUT2D eigenvalue weighted by Crippen LogP contribution is 2.23. The molecule has 0 saturated carbocycles. The number of esters is 1. The molecular formula is C21H20N2O5. The maximum atomic E-state index is 12.2. The van der Waals surface area contributed by atoms with Gasteiger partial charge in [-0.25, -0.2) is 0 Å². The number of carbonyl (C=O) groups is 4. The second-order valence-electron chi connectivity index (χ2n) is 6.44. The molecule has 1 aliphatic heterocycles. The molecule has 2 aromatic carbocycles. The van der Waals surface area contributed by atoms with Crippen LogP contribution in [0.3, 0.4) is 0 Å². The standard InChI is InChI=1S/C21H20N2O5/c24-18(16-6-8-17-15(11-16)7-9-19(25)23-17)13-28-21(27)12-22-20(26)10-14-4-2-1-3-5-14/h1-6,8,11H,7,9-10,12-13H2,(H,22,26)(H,23,25). The zero-order chi connectivity index (χ0) is 19.9. The maximum Gasteiger partial charge on any atom is 0.325 e. The summed E-state index contributed by atoms with van der Waals surface area (Å²) in [5.74, 6) is -1.37. The number of benzene rings is 2. The van der Waals surface area contributed by atoms with Crippen molar-refractivity contribution < 1.29 is 23.9 Å². The second-order valence-corrected chi connectivity index (χ2v) is 6.44. The molecule has 0 atom stereocenters. The summed E-state index contributed by atoms with van der Waals surface area (Å²) in [6, 6.07) is 14.1. The van der Waals surface area contributed by atoms with Crippen LogP contribution in [-0.4, -0.2) is 36.7 Å². The fourth-order valence-electron chi connectivity index (χ4n) is 2.85. The second kappa shape index (κ2) is 8.94. The smallest absolute Gasteiger partial charge is 0.325 e. The van der Waals surface area contributed by atoms with Gasteiger partial charge in [0.15, 0.2) is 12.4 Å². The zero-order valence-electron chi connectivity index (χ0n) is 15.2. The highest BCUT2D eigenvalue weighted by atomic mass is 16.5. The van der Waals surface area contributed by atoms with Crippen LogP contribution in [0.1, 0.15) is 27.9 Å². The van der Waals surface area contributed by atoms with Gasteiger partial charge in [-0.1, -0.05) is 30.3 Å². The quantitative estimate of drug-likeness (QED) is 0.562. The first-order chi connectivity index (χ1) is 13.5. The normalized spacial score (nSPS) is 12.5. The average molecular weight is 380 g/mol. The van der Waals surface area contributed by atoms with Crippen LogP contribution in [0.15, 0.2) is 48.5 Å². The third kappa shape index (κ3) is 5.26. The monoisotopic (exact) mass is 380 g/mol. The van der Waals surface area contributed by atoms with Crippen LogP contribution in [0.2, 0.25) is 0 Å². The first-order valence-corrected chi connectivity index (χ1v) is 8.93. The number of hydrogen-bond donors (Lipinski definition) is 2. The average Bonchev–Trinajstić information content (AvgIpc) is 2.70. The summed E-state index contributed by atoms with van der Waals surface area (Å²) in [6.45, 7) is -0.701. The number of Topliss-reactive ketones (excluding diaryl/α,β-unsaturated/α-hetero) is 1. The van der Waals surface area contributed by atoms with Gasteiger partial charge in [-0.05, 0) is 35.7 Å². The molecule has 0 radical (unpaired) electrons. The Bertz CT molecular complexity index is 908. The van der Waals surface area contributed by atoms with E-state index in [0.717, 1.165) is 11.1 Å². The highest BCUT2D eigenvalue weighted by molar-refractivity contribution is 6.00. The fourth-order valence-corrected chi connectivity index (χ4v) is 2.85. The lowest BCUT2D eigenvalue weighted by atomic mass is 9.99. The largest absolute Gasteiger partial charge is 0.456 e. The zero-order valence-corrected chi connectivity index (χ0v) is 15.2. The van der Waals surface area contributed by atoms with Crippen molar-refractivity contribution in [2.45, 2.75) is 19.3 Å². The molecule has 3 rings (SSSR count). The molecule has 0 aromatic heterocycles. The number of carbonyl (C=O) groups excluding carboxylic acids is 4. The Hall–Kier alpha value is -3.48. The Morgan fingerprint density at radius 2 is 1.82 bits per heavy atom. The SMILES string of the molecule is O=C(Cc1ccccc1)NCC(=O)OCC(=O)c1ccc2c(c1)CCC(=O)N2. The number of hydrogen-bond acceptors (Lipinski definition) is 5. The van der Waals surface area contributed by atoms with E-state index in [1.165, 1.54) is 0 Å². The molecule has 0 spiro atoms. The van der Waals surface area contributed by atoms with E-state index in [4.69, 9.17) is 4.74 Å². The van der Waals surface area contributed by atoms with E-state index >= 15 is 0 Å². The predicted octanol–water partition coefficient (Wildman–Crippen LogP) is 1.66. The number of amides is 2. The number of anilines is 1. The van der Waals surface area contributed by atoms with Crippen molar-refractivity contribution in [1.29, 1.82) is 0 Å². The lowest BCUT2D eigenvalue weighted by Gasteiger charge is -2.17. The van der Waals surface area contributed by atoms with Crippen LogP contribution >= 0.6 is 0 Å². The summed E-state index contributed by atoms with van der Waals surface area (Å²) in [6.07, 6.45) is 1.11. The first kappa shape index (κ1) is 19.3. The molecule has 0 unspecified atom stereocenters. The van der Waals surface area contributed by atoms with E-state index < -0.39 is 12.6 Å². The minimum absolute atomic E-state index is 0.0465. The van der Waals surface area contributed by atoms with Crippen molar-refractivity contribution in [2.75, 3.05) is 18.5 Å². The number of nitrogens with one attached hydrogen (secondary N) is 2. The Labute approximate surface area is 162 Å². The number of ketones is 1. The van der Waals surface area contributed by atoms with Gasteiger partial charge >= 0.3 is 5.97 Å². The molecule has 7 heteroatoms. The van der Waals surface area contributed by atoms with Crippen molar-refractivity contribution in [1.82, 2.24) is 5.32 Å². The van der Waals surface area contributed by atoms with Gasteiger partial charge in [-0.15, -0.1) is 0 Å². The topological polar surface area (TPSA) is 102 Å². The molecule has 2 aromatic rings. The molecule has 0 fully saturated rings. The number of fused-ring (bicyclic) bond motifs is 1. The summed E-state index contributed by atoms with van der Waals surface area (Å²) in [5.41, 5.74) is 2.83. The summed E-state index contributed by atoms with van der Waals surface area (Å²) in [5, 5.41) is 5.22. The number of aryl methyl sites for hydroxylation is 1. The molecule has 0 saturated heterocycles. The van der Waals surface area contributed by atoms with Crippen molar-refractivity contribution in [3.05, 3.63) is 65.2 Å². The van der Waals surface area contributed by atoms with Crippen LogP contribution in [0.5, 0.6) is 0 Å². The van der Waals surface area contributed by atoms with Crippen LogP contribution in [-0.2, 0) is 32.0 Å². The molecule has 1 heterocycles. The molecule has 7 nitrogen and oxygen atoms in total. The van der Waals surface area contributed by atoms with Gasteiger partial charge < -0.3 is 15.4 Å². The predicted molar refractivity (Wildman–Crippen MR) is 102 cm³/mol. The van der Waals surface area contributed by atoms with Gasteiger partial charge in [0, 0.05) is 17.7 Å². The van der Waals surface area contributed by atoms with E-state index in [0.29, 0.717) is 24.1 Å². The third-order valence-electron chi connectivity index (χ3n) is 4.32. The van der Waals surface area contributed by atoms with Crippen molar-refractivity contribution in [3.8, 4) is 0 Å². The Kier molecular flexibility index (Phi) is 6.16. The molecule has 144 valence electrons. The van der Waals surface area contributed by atoms with Gasteiger partial charge in [0.05, 0.1) is 6.42 Å². The maximum absolute atomic E-state index is 12.2. The van der Waals surface area contributed by atoms with Gasteiger partial charge in [-0.3, -0.25) is 19.2 Å². The first-order valence-electron chi connectivity index (χ1n) is 8.93. The van der Waals surface area contributed by atoms with E-state index in [-0.39, 0.29) is 30.6 Å². The molecule has 2 N–H and O–H groups in total. The molecule has 28 heavy (non-hydrogen) atoms. The number of ether oxygens (including phenoxy) is 1. The summed E-state index contributed by atoms with van der Waals surface area (Å²) in [4.78, 5) is 47.2. The van der Waals surface area contributed by atoms with Crippen molar-refractivity contribution in [2.24, 2.45) is 0 Å². The molecule has 0 aliphatic carbocycles. The van der Waals surface area contributed by atoms with Gasteiger partial charge in [-0.2, -0.15) is 0 Å². The minimum Gasteiger partial charge on any atom is -0.456 e. The van der Waals surface area contributed by atoms with Gasteiger partial charge in [0.1, 0.15) is 6.54 Å². The van der Waals surface area contributed by atoms with E-state index in [1.807, 2.05) is 30.3 Å². The fraction of sp³-hybridized carbons (Fsp3) is 0.238. The number of rotatable bonds is 7. The molecule has 1 aliphatic rings. The van der Waals surface area contributed by atoms with E-state index in [2.05, 4.69) is 10.6 Å². The molecule has 2 amide bonds. The highest BCUT2D eigenvalue weighted by Gasteiger charge is 2.17. The van der Waals surface area contributed by atoms with Crippen LogP contribution < -0.4 is 10.6 Å².